The molecule has 1 aromatic rings. The quantitative estimate of drug-likeness (QED) is 0.730. The van der Waals surface area contributed by atoms with Crippen molar-refractivity contribution in [1.29, 1.82) is 0 Å². The molecule has 0 heterocycles. The van der Waals surface area contributed by atoms with Gasteiger partial charge in [0, 0.05) is 18.2 Å². The zero-order valence-electron chi connectivity index (χ0n) is 10.8. The SMILES string of the molecule is CCCNC(CCO)c1ccccc1OCC. The van der Waals surface area contributed by atoms with Gasteiger partial charge in [0.25, 0.3) is 0 Å². The van der Waals surface area contributed by atoms with Crippen molar-refractivity contribution >= 4 is 0 Å². The van der Waals surface area contributed by atoms with Gasteiger partial charge in [0.1, 0.15) is 5.75 Å². The first kappa shape index (κ1) is 14.0. The van der Waals surface area contributed by atoms with E-state index in [9.17, 15) is 0 Å². The molecular formula is C14H23NO2. The van der Waals surface area contributed by atoms with Crippen LogP contribution in [0.1, 0.15) is 38.3 Å². The molecule has 17 heavy (non-hydrogen) atoms. The zero-order valence-corrected chi connectivity index (χ0v) is 10.8. The summed E-state index contributed by atoms with van der Waals surface area (Å²) in [5.74, 6) is 0.914. The lowest BCUT2D eigenvalue weighted by Crippen LogP contribution is -2.23. The van der Waals surface area contributed by atoms with Crippen LogP contribution in [0.5, 0.6) is 5.75 Å². The number of hydrogen-bond acceptors (Lipinski definition) is 3. The summed E-state index contributed by atoms with van der Waals surface area (Å²) in [5, 5.41) is 12.6. The fourth-order valence-corrected chi connectivity index (χ4v) is 1.87. The van der Waals surface area contributed by atoms with Gasteiger partial charge >= 0.3 is 0 Å². The number of nitrogens with one attached hydrogen (secondary N) is 1. The molecule has 0 fully saturated rings. The molecule has 1 atom stereocenters. The molecule has 0 radical (unpaired) electrons. The summed E-state index contributed by atoms with van der Waals surface area (Å²) >= 11 is 0. The van der Waals surface area contributed by atoms with Crippen molar-refractivity contribution in [3.05, 3.63) is 29.8 Å². The third-order valence-corrected chi connectivity index (χ3v) is 2.65. The Bertz CT molecular complexity index is 315. The molecule has 1 unspecified atom stereocenters. The van der Waals surface area contributed by atoms with E-state index in [1.807, 2.05) is 25.1 Å². The van der Waals surface area contributed by atoms with Gasteiger partial charge in [-0.2, -0.15) is 0 Å². The first-order valence-corrected chi connectivity index (χ1v) is 6.39. The van der Waals surface area contributed by atoms with Crippen LogP contribution in [0.2, 0.25) is 0 Å². The van der Waals surface area contributed by atoms with Gasteiger partial charge in [-0.05, 0) is 32.4 Å². The Morgan fingerprint density at radius 3 is 2.71 bits per heavy atom. The molecule has 0 saturated carbocycles. The first-order chi connectivity index (χ1) is 8.33. The Kier molecular flexibility index (Phi) is 6.67. The molecular weight excluding hydrogens is 214 g/mol. The van der Waals surface area contributed by atoms with Crippen molar-refractivity contribution in [3.63, 3.8) is 0 Å². The average molecular weight is 237 g/mol. The van der Waals surface area contributed by atoms with E-state index in [1.54, 1.807) is 0 Å². The maximum Gasteiger partial charge on any atom is 0.124 e. The van der Waals surface area contributed by atoms with Gasteiger partial charge in [-0.1, -0.05) is 25.1 Å². The molecule has 2 N–H and O–H groups in total. The Hall–Kier alpha value is -1.06. The number of para-hydroxylation sites is 1. The average Bonchev–Trinajstić information content (AvgIpc) is 2.36. The van der Waals surface area contributed by atoms with Crippen molar-refractivity contribution in [2.24, 2.45) is 0 Å². The first-order valence-electron chi connectivity index (χ1n) is 6.39. The van der Waals surface area contributed by atoms with E-state index in [0.29, 0.717) is 13.0 Å². The molecule has 3 nitrogen and oxygen atoms in total. The highest BCUT2D eigenvalue weighted by Crippen LogP contribution is 2.27. The molecule has 0 saturated heterocycles. The summed E-state index contributed by atoms with van der Waals surface area (Å²) in [7, 11) is 0. The highest BCUT2D eigenvalue weighted by molar-refractivity contribution is 5.36. The summed E-state index contributed by atoms with van der Waals surface area (Å²) in [4.78, 5) is 0. The van der Waals surface area contributed by atoms with Crippen LogP contribution in [0.3, 0.4) is 0 Å². The summed E-state index contributed by atoms with van der Waals surface area (Å²) in [5.41, 5.74) is 1.14. The minimum absolute atomic E-state index is 0.169. The third-order valence-electron chi connectivity index (χ3n) is 2.65. The van der Waals surface area contributed by atoms with Crippen molar-refractivity contribution in [2.75, 3.05) is 19.8 Å². The largest absolute Gasteiger partial charge is 0.494 e. The van der Waals surface area contributed by atoms with Crippen LogP contribution in [0.25, 0.3) is 0 Å². The monoisotopic (exact) mass is 237 g/mol. The Morgan fingerprint density at radius 1 is 1.29 bits per heavy atom. The zero-order chi connectivity index (χ0) is 12.5. The predicted octanol–water partition coefficient (Wildman–Crippen LogP) is 2.51. The molecule has 96 valence electrons. The maximum atomic E-state index is 9.14. The van der Waals surface area contributed by atoms with Crippen LogP contribution in [-0.2, 0) is 0 Å². The third kappa shape index (κ3) is 4.36. The minimum atomic E-state index is 0.169. The molecule has 1 aromatic carbocycles. The number of rotatable bonds is 8. The van der Waals surface area contributed by atoms with Gasteiger partial charge in [-0.15, -0.1) is 0 Å². The van der Waals surface area contributed by atoms with Gasteiger partial charge in [0.15, 0.2) is 0 Å². The van der Waals surface area contributed by atoms with Gasteiger partial charge < -0.3 is 15.2 Å². The van der Waals surface area contributed by atoms with E-state index >= 15 is 0 Å². The molecule has 3 heteroatoms. The molecule has 0 aliphatic heterocycles. The lowest BCUT2D eigenvalue weighted by atomic mass is 10.0. The van der Waals surface area contributed by atoms with Crippen LogP contribution in [0.15, 0.2) is 24.3 Å². The second kappa shape index (κ2) is 8.09. The molecule has 0 aliphatic carbocycles. The van der Waals surface area contributed by atoms with Gasteiger partial charge in [-0.3, -0.25) is 0 Å². The smallest absolute Gasteiger partial charge is 0.124 e. The predicted molar refractivity (Wildman–Crippen MR) is 70.3 cm³/mol. The number of benzene rings is 1. The molecule has 1 rings (SSSR count). The van der Waals surface area contributed by atoms with Crippen molar-refractivity contribution < 1.29 is 9.84 Å². The summed E-state index contributed by atoms with van der Waals surface area (Å²) in [6, 6.07) is 8.20. The fraction of sp³-hybridized carbons (Fsp3) is 0.571. The number of aliphatic hydroxyl groups excluding tert-OH is 1. The van der Waals surface area contributed by atoms with E-state index < -0.39 is 0 Å². The number of ether oxygens (including phenoxy) is 1. The van der Waals surface area contributed by atoms with E-state index in [2.05, 4.69) is 18.3 Å². The highest BCUT2D eigenvalue weighted by Gasteiger charge is 2.14. The Labute approximate surface area is 104 Å². The van der Waals surface area contributed by atoms with E-state index in [-0.39, 0.29) is 12.6 Å². The maximum absolute atomic E-state index is 9.14. The Morgan fingerprint density at radius 2 is 2.06 bits per heavy atom. The standard InChI is InChI=1S/C14H23NO2/c1-3-10-15-13(9-11-16)12-7-5-6-8-14(12)17-4-2/h5-8,13,15-16H,3-4,9-11H2,1-2H3. The molecule has 0 amide bonds. The normalized spacial score (nSPS) is 12.4. The van der Waals surface area contributed by atoms with Crippen LogP contribution < -0.4 is 10.1 Å². The van der Waals surface area contributed by atoms with Crippen molar-refractivity contribution in [1.82, 2.24) is 5.32 Å². The van der Waals surface area contributed by atoms with Gasteiger partial charge in [-0.25, -0.2) is 0 Å². The van der Waals surface area contributed by atoms with Gasteiger partial charge in [0.05, 0.1) is 6.61 Å². The second-order valence-electron chi connectivity index (χ2n) is 3.99. The Balaban J connectivity index is 2.83. The van der Waals surface area contributed by atoms with Gasteiger partial charge in [0.2, 0.25) is 0 Å². The van der Waals surface area contributed by atoms with Crippen LogP contribution >= 0.6 is 0 Å². The minimum Gasteiger partial charge on any atom is -0.494 e. The van der Waals surface area contributed by atoms with Crippen molar-refractivity contribution in [2.45, 2.75) is 32.7 Å². The van der Waals surface area contributed by atoms with Crippen LogP contribution in [-0.4, -0.2) is 24.9 Å². The summed E-state index contributed by atoms with van der Waals surface area (Å²) in [6.07, 6.45) is 1.79. The van der Waals surface area contributed by atoms with Crippen LogP contribution in [0, 0.1) is 0 Å². The molecule has 0 spiro atoms. The van der Waals surface area contributed by atoms with E-state index in [0.717, 1.165) is 24.3 Å². The second-order valence-corrected chi connectivity index (χ2v) is 3.99. The van der Waals surface area contributed by atoms with E-state index in [1.165, 1.54) is 0 Å². The molecule has 0 bridgehead atoms. The van der Waals surface area contributed by atoms with Crippen LogP contribution in [0.4, 0.5) is 0 Å². The number of hydrogen-bond donors (Lipinski definition) is 2. The molecule has 0 aromatic heterocycles. The van der Waals surface area contributed by atoms with Crippen molar-refractivity contribution in [3.8, 4) is 5.75 Å². The lowest BCUT2D eigenvalue weighted by molar-refractivity contribution is 0.262. The fourth-order valence-electron chi connectivity index (χ4n) is 1.87. The van der Waals surface area contributed by atoms with E-state index in [4.69, 9.17) is 9.84 Å². The molecule has 0 aliphatic rings. The number of aliphatic hydroxyl groups is 1. The highest BCUT2D eigenvalue weighted by atomic mass is 16.5. The topological polar surface area (TPSA) is 41.5 Å². The summed E-state index contributed by atoms with van der Waals surface area (Å²) < 4.78 is 5.62. The lowest BCUT2D eigenvalue weighted by Gasteiger charge is -2.20. The summed E-state index contributed by atoms with van der Waals surface area (Å²) in [6.45, 7) is 5.92.